The second-order valence-corrected chi connectivity index (χ2v) is 17.8. The minimum absolute atomic E-state index is 0.241. The number of benzene rings is 2. The van der Waals surface area contributed by atoms with Crippen LogP contribution in [0.25, 0.3) is 0 Å². The van der Waals surface area contributed by atoms with Crippen LogP contribution in [0.4, 0.5) is 0 Å². The lowest BCUT2D eigenvalue weighted by atomic mass is 9.81. The Morgan fingerprint density at radius 2 is 1.22 bits per heavy atom. The molecule has 0 fully saturated rings. The summed E-state index contributed by atoms with van der Waals surface area (Å²) >= 11 is 18.6. The molecule has 3 rings (SSSR count). The fraction of sp³-hybridized carbons (Fsp3) is 0.478. The summed E-state index contributed by atoms with van der Waals surface area (Å²) in [6.07, 6.45) is 0.594. The zero-order chi connectivity index (χ0) is 24.3. The van der Waals surface area contributed by atoms with E-state index in [9.17, 15) is 4.57 Å². The van der Waals surface area contributed by atoms with Gasteiger partial charge in [0.05, 0.1) is 0 Å². The van der Waals surface area contributed by atoms with Gasteiger partial charge in [0.15, 0.2) is 0 Å². The molecule has 0 saturated heterocycles. The second kappa shape index (κ2) is 8.54. The Bertz CT molecular complexity index is 1100. The van der Waals surface area contributed by atoms with Crippen LogP contribution in [0.2, 0.25) is 0 Å². The van der Waals surface area contributed by atoms with Crippen molar-refractivity contribution < 1.29 is 13.6 Å². The maximum atomic E-state index is 12.3. The van der Waals surface area contributed by atoms with Crippen LogP contribution in [0.1, 0.15) is 74.9 Å². The van der Waals surface area contributed by atoms with Crippen LogP contribution in [0.3, 0.4) is 0 Å². The molecule has 0 N–H and O–H groups in total. The Labute approximate surface area is 206 Å². The molecule has 0 atom stereocenters. The molecule has 0 saturated carbocycles. The minimum atomic E-state index is -3.95. The maximum absolute atomic E-state index is 12.3. The van der Waals surface area contributed by atoms with Crippen LogP contribution in [-0.2, 0) is 21.8 Å². The SMILES string of the molecule is Cc1cc2c(c(C(C)(C)C)c1)OP(Cl)(=NP(=O)(Cl)Cl)Oc1c(cc(C)cc1C(C)(C)C)C2. The van der Waals surface area contributed by atoms with E-state index < -0.39 is 12.9 Å². The molecule has 176 valence electrons. The lowest BCUT2D eigenvalue weighted by molar-refractivity contribution is 0.452. The first-order chi connectivity index (χ1) is 14.4. The Balaban J connectivity index is 2.45. The summed E-state index contributed by atoms with van der Waals surface area (Å²) in [5.41, 5.74) is 5.58. The fourth-order valence-corrected chi connectivity index (χ4v) is 9.60. The third kappa shape index (κ3) is 5.89. The third-order valence-electron chi connectivity index (χ3n) is 5.24. The number of hydrogen-bond donors (Lipinski definition) is 0. The van der Waals surface area contributed by atoms with Crippen molar-refractivity contribution in [3.63, 3.8) is 0 Å². The molecule has 9 heteroatoms. The number of hydrogen-bond acceptors (Lipinski definition) is 3. The number of rotatable bonds is 1. The first-order valence-electron chi connectivity index (χ1n) is 10.4. The summed E-state index contributed by atoms with van der Waals surface area (Å²) in [6, 6.07) is 8.31. The van der Waals surface area contributed by atoms with Crippen molar-refractivity contribution in [1.29, 1.82) is 0 Å². The summed E-state index contributed by atoms with van der Waals surface area (Å²) in [4.78, 5) is 0. The van der Waals surface area contributed by atoms with Gasteiger partial charge in [-0.3, -0.25) is 4.57 Å². The van der Waals surface area contributed by atoms with Gasteiger partial charge in [-0.2, -0.15) is 0 Å². The Morgan fingerprint density at radius 1 is 0.844 bits per heavy atom. The second-order valence-electron chi connectivity index (χ2n) is 10.4. The van der Waals surface area contributed by atoms with Crippen molar-refractivity contribution in [3.05, 3.63) is 57.6 Å². The van der Waals surface area contributed by atoms with Gasteiger partial charge >= 0.3 is 12.9 Å². The van der Waals surface area contributed by atoms with Gasteiger partial charge in [-0.15, -0.1) is 4.52 Å². The van der Waals surface area contributed by atoms with Gasteiger partial charge in [-0.1, -0.05) is 76.9 Å². The molecular formula is C23H30Cl3NO3P2. The number of aryl methyl sites for hydroxylation is 2. The summed E-state index contributed by atoms with van der Waals surface area (Å²) in [7, 11) is 0. The molecule has 0 unspecified atom stereocenters. The van der Waals surface area contributed by atoms with Crippen LogP contribution < -0.4 is 9.05 Å². The van der Waals surface area contributed by atoms with E-state index in [1.807, 2.05) is 0 Å². The van der Waals surface area contributed by atoms with Crippen molar-refractivity contribution in [2.24, 2.45) is 4.52 Å². The van der Waals surface area contributed by atoms with E-state index in [-0.39, 0.29) is 10.8 Å². The first-order valence-corrected chi connectivity index (χ1v) is 16.3. The zero-order valence-corrected chi connectivity index (χ0v) is 23.8. The monoisotopic (exact) mass is 535 g/mol. The molecule has 0 bridgehead atoms. The predicted molar refractivity (Wildman–Crippen MR) is 138 cm³/mol. The molecule has 1 aliphatic heterocycles. The Hall–Kier alpha value is -0.630. The van der Waals surface area contributed by atoms with Gasteiger partial charge in [0.1, 0.15) is 11.5 Å². The van der Waals surface area contributed by atoms with Crippen LogP contribution in [0.15, 0.2) is 28.8 Å². The topological polar surface area (TPSA) is 47.9 Å². The lowest BCUT2D eigenvalue weighted by Crippen LogP contribution is -2.18. The molecule has 0 aromatic heterocycles. The van der Waals surface area contributed by atoms with E-state index in [0.29, 0.717) is 17.9 Å². The molecule has 0 aliphatic carbocycles. The fourth-order valence-electron chi connectivity index (χ4n) is 3.90. The van der Waals surface area contributed by atoms with Crippen molar-refractivity contribution in [2.75, 3.05) is 0 Å². The van der Waals surface area contributed by atoms with E-state index in [4.69, 9.17) is 42.8 Å². The van der Waals surface area contributed by atoms with Gasteiger partial charge in [-0.25, -0.2) is 0 Å². The van der Waals surface area contributed by atoms with Gasteiger partial charge in [0.25, 0.3) is 0 Å². The van der Waals surface area contributed by atoms with E-state index in [1.54, 1.807) is 0 Å². The summed E-state index contributed by atoms with van der Waals surface area (Å²) in [5, 5.41) is 0. The molecule has 0 amide bonds. The van der Waals surface area contributed by atoms with E-state index in [2.05, 4.69) is 84.2 Å². The largest absolute Gasteiger partial charge is 0.421 e. The van der Waals surface area contributed by atoms with Gasteiger partial charge in [0, 0.05) is 28.8 Å². The molecule has 0 spiro atoms. The minimum Gasteiger partial charge on any atom is -0.418 e. The van der Waals surface area contributed by atoms with Crippen molar-refractivity contribution >= 4 is 46.6 Å². The van der Waals surface area contributed by atoms with E-state index >= 15 is 0 Å². The molecule has 1 aliphatic rings. The zero-order valence-electron chi connectivity index (χ0n) is 19.7. The maximum Gasteiger partial charge on any atom is 0.421 e. The summed E-state index contributed by atoms with van der Waals surface area (Å²) < 4.78 is 29.0. The lowest BCUT2D eigenvalue weighted by Gasteiger charge is -2.33. The summed E-state index contributed by atoms with van der Waals surface area (Å²) in [5.74, 6) is -2.78. The van der Waals surface area contributed by atoms with E-state index in [0.717, 1.165) is 33.4 Å². The molecule has 2 aromatic carbocycles. The third-order valence-corrected chi connectivity index (χ3v) is 9.98. The van der Waals surface area contributed by atoms with Gasteiger partial charge in [0.2, 0.25) is 0 Å². The molecular weight excluding hydrogens is 507 g/mol. The first kappa shape index (κ1) is 26.0. The molecule has 0 radical (unpaired) electrons. The highest BCUT2D eigenvalue weighted by Gasteiger charge is 2.37. The highest BCUT2D eigenvalue weighted by atomic mass is 35.9. The van der Waals surface area contributed by atoms with Crippen LogP contribution in [0.5, 0.6) is 11.5 Å². The van der Waals surface area contributed by atoms with Gasteiger partial charge < -0.3 is 9.05 Å². The number of halogens is 3. The molecule has 2 aromatic rings. The highest BCUT2D eigenvalue weighted by Crippen LogP contribution is 2.71. The average molecular weight is 537 g/mol. The summed E-state index contributed by atoms with van der Waals surface area (Å²) in [6.45, 7) is 13.0. The van der Waals surface area contributed by atoms with Crippen LogP contribution in [0, 0.1) is 13.8 Å². The van der Waals surface area contributed by atoms with Crippen molar-refractivity contribution in [3.8, 4) is 11.5 Å². The van der Waals surface area contributed by atoms with Crippen LogP contribution in [-0.4, -0.2) is 0 Å². The molecule has 1 heterocycles. The van der Waals surface area contributed by atoms with Crippen LogP contribution >= 0.6 is 46.6 Å². The number of fused-ring (bicyclic) bond motifs is 2. The van der Waals surface area contributed by atoms with Crippen molar-refractivity contribution in [2.45, 2.75) is 72.6 Å². The van der Waals surface area contributed by atoms with Gasteiger partial charge in [-0.05, 0) is 58.3 Å². The normalized spacial score (nSPS) is 16.1. The quantitative estimate of drug-likeness (QED) is 0.341. The predicted octanol–water partition coefficient (Wildman–Crippen LogP) is 10.0. The van der Waals surface area contributed by atoms with Crippen molar-refractivity contribution in [1.82, 2.24) is 0 Å². The standard InChI is InChI=1S/C23H30Cl3NO3P2/c1-14-9-16-13-17-10-15(2)12-19(23(6,7)8)21(17)30-32(26,27-31(24,25)28)29-20(16)18(11-14)22(3,4)5/h9-12H,13H2,1-8H3. The molecule has 4 nitrogen and oxygen atoms in total. The van der Waals surface area contributed by atoms with E-state index in [1.165, 1.54) is 0 Å². The Morgan fingerprint density at radius 3 is 1.53 bits per heavy atom. The number of nitrogens with zero attached hydrogens (tertiary/aromatic N) is 1. The smallest absolute Gasteiger partial charge is 0.418 e. The Kier molecular flexibility index (Phi) is 6.94. The highest BCUT2D eigenvalue weighted by molar-refractivity contribution is 8.10. The average Bonchev–Trinajstić information content (AvgIpc) is 2.54. The molecule has 32 heavy (non-hydrogen) atoms.